The van der Waals surface area contributed by atoms with Crippen LogP contribution in [-0.4, -0.2) is 17.3 Å². The van der Waals surface area contributed by atoms with E-state index >= 15 is 0 Å². The van der Waals surface area contributed by atoms with Crippen molar-refractivity contribution in [3.63, 3.8) is 0 Å². The van der Waals surface area contributed by atoms with E-state index in [1.165, 1.54) is 0 Å². The summed E-state index contributed by atoms with van der Waals surface area (Å²) in [7, 11) is 1.59. The van der Waals surface area contributed by atoms with Crippen molar-refractivity contribution in [2.75, 3.05) is 12.8 Å². The number of aromatic amines is 1. The van der Waals surface area contributed by atoms with Crippen molar-refractivity contribution in [2.24, 2.45) is 10.2 Å². The number of para-hydroxylation sites is 1. The number of anilines is 1. The molecule has 0 atom stereocenters. The maximum atomic E-state index is 5.89. The summed E-state index contributed by atoms with van der Waals surface area (Å²) in [6.07, 6.45) is 0. The number of nitrogens with zero attached hydrogens (tertiary/aromatic N) is 3. The number of nitrogens with one attached hydrogen (secondary N) is 1. The topological polar surface area (TPSA) is 88.7 Å². The summed E-state index contributed by atoms with van der Waals surface area (Å²) in [4.78, 5) is 0. The Kier molecular flexibility index (Phi) is 3.82. The molecular formula is C16H15N5O. The van der Waals surface area contributed by atoms with Gasteiger partial charge in [-0.3, -0.25) is 5.10 Å². The number of aromatic nitrogens is 2. The van der Waals surface area contributed by atoms with Gasteiger partial charge < -0.3 is 10.5 Å². The van der Waals surface area contributed by atoms with Crippen LogP contribution in [-0.2, 0) is 0 Å². The Bertz CT molecular complexity index is 795. The van der Waals surface area contributed by atoms with Gasteiger partial charge >= 0.3 is 0 Å². The van der Waals surface area contributed by atoms with Crippen LogP contribution >= 0.6 is 0 Å². The molecule has 0 aliphatic carbocycles. The molecule has 6 heteroatoms. The zero-order valence-electron chi connectivity index (χ0n) is 12.0. The summed E-state index contributed by atoms with van der Waals surface area (Å²) in [5.74, 6) is 0.951. The highest BCUT2D eigenvalue weighted by Gasteiger charge is 2.12. The summed E-state index contributed by atoms with van der Waals surface area (Å²) in [6.45, 7) is 0. The van der Waals surface area contributed by atoms with E-state index in [0.29, 0.717) is 22.9 Å². The van der Waals surface area contributed by atoms with E-state index in [1.807, 2.05) is 54.6 Å². The lowest BCUT2D eigenvalue weighted by Crippen LogP contribution is -1.84. The molecule has 0 radical (unpaired) electrons. The molecule has 3 aromatic rings. The van der Waals surface area contributed by atoms with Gasteiger partial charge in [0.1, 0.15) is 11.4 Å². The van der Waals surface area contributed by atoms with Crippen LogP contribution in [0.2, 0.25) is 0 Å². The highest BCUT2D eigenvalue weighted by Crippen LogP contribution is 2.35. The monoisotopic (exact) mass is 293 g/mol. The van der Waals surface area contributed by atoms with Gasteiger partial charge in [-0.2, -0.15) is 5.10 Å². The second-order valence-corrected chi connectivity index (χ2v) is 4.57. The van der Waals surface area contributed by atoms with Crippen LogP contribution in [0.4, 0.5) is 17.2 Å². The number of azo groups is 1. The molecule has 0 bridgehead atoms. The molecule has 3 rings (SSSR count). The van der Waals surface area contributed by atoms with E-state index in [2.05, 4.69) is 20.4 Å². The molecule has 1 aromatic heterocycles. The predicted octanol–water partition coefficient (Wildman–Crippen LogP) is 4.08. The van der Waals surface area contributed by atoms with Gasteiger partial charge in [-0.25, -0.2) is 0 Å². The number of nitrogens with two attached hydrogens (primary N) is 1. The van der Waals surface area contributed by atoms with Crippen molar-refractivity contribution in [3.8, 4) is 17.0 Å². The Hall–Kier alpha value is -3.15. The highest BCUT2D eigenvalue weighted by molar-refractivity contribution is 5.79. The number of hydrogen-bond acceptors (Lipinski definition) is 5. The molecule has 0 aliphatic rings. The summed E-state index contributed by atoms with van der Waals surface area (Å²) < 4.78 is 5.25. The molecule has 0 unspecified atom stereocenters. The summed E-state index contributed by atoms with van der Waals surface area (Å²) in [5.41, 5.74) is 8.70. The number of ether oxygens (including phenoxy) is 1. The fourth-order valence-electron chi connectivity index (χ4n) is 2.07. The van der Waals surface area contributed by atoms with Crippen LogP contribution in [0, 0.1) is 0 Å². The highest BCUT2D eigenvalue weighted by atomic mass is 16.5. The van der Waals surface area contributed by atoms with Crippen LogP contribution in [0.15, 0.2) is 64.8 Å². The smallest absolute Gasteiger partial charge is 0.173 e. The number of rotatable bonds is 4. The third kappa shape index (κ3) is 2.67. The second kappa shape index (κ2) is 6.09. The third-order valence-electron chi connectivity index (χ3n) is 3.17. The molecule has 0 saturated carbocycles. The summed E-state index contributed by atoms with van der Waals surface area (Å²) in [6, 6.07) is 17.1. The molecule has 0 saturated heterocycles. The SMILES string of the molecule is COc1ccccc1N=Nc1c(N)n[nH]c1-c1ccccc1. The van der Waals surface area contributed by atoms with Crippen molar-refractivity contribution >= 4 is 17.2 Å². The Morgan fingerprint density at radius 1 is 1.00 bits per heavy atom. The lowest BCUT2D eigenvalue weighted by molar-refractivity contribution is 0.416. The zero-order chi connectivity index (χ0) is 15.4. The molecule has 0 amide bonds. The van der Waals surface area contributed by atoms with Gasteiger partial charge in [0.05, 0.1) is 12.8 Å². The molecule has 6 nitrogen and oxygen atoms in total. The predicted molar refractivity (Wildman–Crippen MR) is 85.6 cm³/mol. The largest absolute Gasteiger partial charge is 0.494 e. The minimum atomic E-state index is 0.303. The van der Waals surface area contributed by atoms with Gasteiger partial charge in [-0.15, -0.1) is 10.2 Å². The number of nitrogen functional groups attached to an aromatic ring is 1. The van der Waals surface area contributed by atoms with Gasteiger partial charge in [-0.05, 0) is 12.1 Å². The first-order valence-electron chi connectivity index (χ1n) is 6.73. The molecule has 2 aromatic carbocycles. The van der Waals surface area contributed by atoms with Gasteiger partial charge in [0.15, 0.2) is 11.5 Å². The quantitative estimate of drug-likeness (QED) is 0.710. The Labute approximate surface area is 127 Å². The Balaban J connectivity index is 1.99. The van der Waals surface area contributed by atoms with Gasteiger partial charge in [0.25, 0.3) is 0 Å². The van der Waals surface area contributed by atoms with Crippen LogP contribution in [0.1, 0.15) is 0 Å². The minimum Gasteiger partial charge on any atom is -0.494 e. The number of benzene rings is 2. The average molecular weight is 293 g/mol. The minimum absolute atomic E-state index is 0.303. The van der Waals surface area contributed by atoms with Crippen LogP contribution < -0.4 is 10.5 Å². The lowest BCUT2D eigenvalue weighted by atomic mass is 10.1. The zero-order valence-corrected chi connectivity index (χ0v) is 12.0. The van der Waals surface area contributed by atoms with Gasteiger partial charge in [-0.1, -0.05) is 42.5 Å². The number of methoxy groups -OCH3 is 1. The van der Waals surface area contributed by atoms with E-state index in [-0.39, 0.29) is 0 Å². The van der Waals surface area contributed by atoms with Crippen molar-refractivity contribution in [3.05, 3.63) is 54.6 Å². The van der Waals surface area contributed by atoms with Crippen molar-refractivity contribution < 1.29 is 4.74 Å². The molecule has 0 fully saturated rings. The van der Waals surface area contributed by atoms with Crippen LogP contribution in [0.5, 0.6) is 5.75 Å². The van der Waals surface area contributed by atoms with E-state index in [4.69, 9.17) is 10.5 Å². The number of hydrogen-bond donors (Lipinski definition) is 2. The summed E-state index contributed by atoms with van der Waals surface area (Å²) >= 11 is 0. The molecule has 3 N–H and O–H groups in total. The van der Waals surface area contributed by atoms with E-state index in [0.717, 1.165) is 11.3 Å². The van der Waals surface area contributed by atoms with E-state index < -0.39 is 0 Å². The first-order chi connectivity index (χ1) is 10.8. The fraction of sp³-hybridized carbons (Fsp3) is 0.0625. The standard InChI is InChI=1S/C16H15N5O/c1-22-13-10-6-5-9-12(13)18-20-15-14(19-21-16(15)17)11-7-3-2-4-8-11/h2-10H,1H3,(H3,17,19,21). The van der Waals surface area contributed by atoms with Crippen molar-refractivity contribution in [1.82, 2.24) is 10.2 Å². The number of H-pyrrole nitrogens is 1. The molecule has 1 heterocycles. The van der Waals surface area contributed by atoms with E-state index in [9.17, 15) is 0 Å². The lowest BCUT2D eigenvalue weighted by Gasteiger charge is -2.02. The average Bonchev–Trinajstić information content (AvgIpc) is 2.95. The first-order valence-corrected chi connectivity index (χ1v) is 6.73. The summed E-state index contributed by atoms with van der Waals surface area (Å²) in [5, 5.41) is 15.4. The van der Waals surface area contributed by atoms with Crippen molar-refractivity contribution in [1.29, 1.82) is 0 Å². The van der Waals surface area contributed by atoms with E-state index in [1.54, 1.807) is 7.11 Å². The normalized spacial score (nSPS) is 11.0. The Morgan fingerprint density at radius 2 is 1.73 bits per heavy atom. The molecule has 22 heavy (non-hydrogen) atoms. The van der Waals surface area contributed by atoms with Gasteiger partial charge in [0, 0.05) is 5.56 Å². The maximum absolute atomic E-state index is 5.89. The van der Waals surface area contributed by atoms with Crippen molar-refractivity contribution in [2.45, 2.75) is 0 Å². The maximum Gasteiger partial charge on any atom is 0.173 e. The molecule has 110 valence electrons. The van der Waals surface area contributed by atoms with Crippen LogP contribution in [0.3, 0.4) is 0 Å². The molecule has 0 spiro atoms. The van der Waals surface area contributed by atoms with Crippen LogP contribution in [0.25, 0.3) is 11.3 Å². The first kappa shape index (κ1) is 13.8. The molecule has 0 aliphatic heterocycles. The second-order valence-electron chi connectivity index (χ2n) is 4.57. The molecular weight excluding hydrogens is 278 g/mol. The Morgan fingerprint density at radius 3 is 2.50 bits per heavy atom. The van der Waals surface area contributed by atoms with Gasteiger partial charge in [0.2, 0.25) is 0 Å². The third-order valence-corrected chi connectivity index (χ3v) is 3.17. The fourth-order valence-corrected chi connectivity index (χ4v) is 2.07.